The lowest BCUT2D eigenvalue weighted by molar-refractivity contribution is 0.362. The van der Waals surface area contributed by atoms with Gasteiger partial charge in [-0.15, -0.1) is 0 Å². The van der Waals surface area contributed by atoms with E-state index in [9.17, 15) is 4.39 Å². The van der Waals surface area contributed by atoms with E-state index < -0.39 is 0 Å². The molecule has 0 fully saturated rings. The molecule has 2 heteroatoms. The Hall–Kier alpha value is -0.890. The van der Waals surface area contributed by atoms with Crippen LogP contribution in [0.15, 0.2) is 18.2 Å². The first-order valence-electron chi connectivity index (χ1n) is 7.09. The Morgan fingerprint density at radius 2 is 2.00 bits per heavy atom. The van der Waals surface area contributed by atoms with Crippen molar-refractivity contribution in [3.63, 3.8) is 0 Å². The topological polar surface area (TPSA) is 12.0 Å². The van der Waals surface area contributed by atoms with Crippen LogP contribution >= 0.6 is 0 Å². The van der Waals surface area contributed by atoms with Crippen LogP contribution in [0.25, 0.3) is 0 Å². The van der Waals surface area contributed by atoms with E-state index in [1.165, 1.54) is 19.3 Å². The summed E-state index contributed by atoms with van der Waals surface area (Å²) in [4.78, 5) is 0. The Morgan fingerprint density at radius 3 is 2.56 bits per heavy atom. The Balaban J connectivity index is 2.85. The van der Waals surface area contributed by atoms with Crippen LogP contribution in [0, 0.1) is 18.7 Å². The molecule has 1 aromatic carbocycles. The second-order valence-electron chi connectivity index (χ2n) is 5.16. The van der Waals surface area contributed by atoms with E-state index in [0.717, 1.165) is 17.7 Å². The van der Waals surface area contributed by atoms with Crippen molar-refractivity contribution in [3.05, 3.63) is 35.1 Å². The molecular formula is C16H26FN. The third-order valence-corrected chi connectivity index (χ3v) is 3.56. The number of benzene rings is 1. The van der Waals surface area contributed by atoms with E-state index in [1.54, 1.807) is 6.07 Å². The summed E-state index contributed by atoms with van der Waals surface area (Å²) >= 11 is 0. The van der Waals surface area contributed by atoms with Crippen molar-refractivity contribution in [1.29, 1.82) is 0 Å². The molecule has 0 saturated heterocycles. The van der Waals surface area contributed by atoms with Crippen LogP contribution in [0.3, 0.4) is 0 Å². The number of hydrogen-bond acceptors (Lipinski definition) is 1. The van der Waals surface area contributed by atoms with Gasteiger partial charge in [0, 0.05) is 6.04 Å². The molecule has 0 bridgehead atoms. The maximum absolute atomic E-state index is 13.7. The van der Waals surface area contributed by atoms with Gasteiger partial charge in [-0.1, -0.05) is 45.7 Å². The summed E-state index contributed by atoms with van der Waals surface area (Å²) in [6.45, 7) is 9.28. The number of halogens is 1. The van der Waals surface area contributed by atoms with Crippen molar-refractivity contribution in [2.75, 3.05) is 6.54 Å². The molecule has 2 atom stereocenters. The summed E-state index contributed by atoms with van der Waals surface area (Å²) in [7, 11) is 0. The molecular weight excluding hydrogens is 225 g/mol. The van der Waals surface area contributed by atoms with Crippen molar-refractivity contribution in [1.82, 2.24) is 5.32 Å². The highest BCUT2D eigenvalue weighted by atomic mass is 19.1. The van der Waals surface area contributed by atoms with Crippen molar-refractivity contribution in [3.8, 4) is 0 Å². The van der Waals surface area contributed by atoms with Crippen LogP contribution in [0.4, 0.5) is 4.39 Å². The summed E-state index contributed by atoms with van der Waals surface area (Å²) in [5, 5.41) is 3.49. The maximum atomic E-state index is 13.7. The average molecular weight is 251 g/mol. The largest absolute Gasteiger partial charge is 0.310 e. The van der Waals surface area contributed by atoms with E-state index in [-0.39, 0.29) is 11.9 Å². The van der Waals surface area contributed by atoms with E-state index >= 15 is 0 Å². The summed E-state index contributed by atoms with van der Waals surface area (Å²) in [5.41, 5.74) is 1.79. The average Bonchev–Trinajstić information content (AvgIpc) is 2.36. The van der Waals surface area contributed by atoms with Crippen molar-refractivity contribution >= 4 is 0 Å². The van der Waals surface area contributed by atoms with Crippen molar-refractivity contribution in [2.45, 2.75) is 53.0 Å². The van der Waals surface area contributed by atoms with Crippen LogP contribution in [-0.2, 0) is 0 Å². The van der Waals surface area contributed by atoms with Crippen molar-refractivity contribution in [2.24, 2.45) is 5.92 Å². The highest BCUT2D eigenvalue weighted by Crippen LogP contribution is 2.27. The third-order valence-electron chi connectivity index (χ3n) is 3.56. The highest BCUT2D eigenvalue weighted by molar-refractivity contribution is 5.26. The summed E-state index contributed by atoms with van der Waals surface area (Å²) < 4.78 is 13.7. The van der Waals surface area contributed by atoms with Gasteiger partial charge in [-0.3, -0.25) is 0 Å². The molecule has 0 aromatic heterocycles. The molecule has 102 valence electrons. The molecule has 1 N–H and O–H groups in total. The molecule has 18 heavy (non-hydrogen) atoms. The molecule has 0 aliphatic carbocycles. The molecule has 0 saturated carbocycles. The minimum Gasteiger partial charge on any atom is -0.310 e. The van der Waals surface area contributed by atoms with Crippen LogP contribution in [0.2, 0.25) is 0 Å². The monoisotopic (exact) mass is 251 g/mol. The summed E-state index contributed by atoms with van der Waals surface area (Å²) in [6, 6.07) is 5.87. The molecule has 1 aromatic rings. The Labute approximate surface area is 111 Å². The molecule has 0 aliphatic heterocycles. The molecule has 0 heterocycles. The predicted molar refractivity (Wildman–Crippen MR) is 76.2 cm³/mol. The Kier molecular flexibility index (Phi) is 6.34. The standard InChI is InChI=1S/C16H26FN/c1-5-7-8-13(4)16(18-6-2)14-10-9-12(3)15(17)11-14/h9-11,13,16,18H,5-8H2,1-4H3. The van der Waals surface area contributed by atoms with Gasteiger partial charge in [-0.25, -0.2) is 4.39 Å². The Bertz CT molecular complexity index is 362. The van der Waals surface area contributed by atoms with Gasteiger partial charge >= 0.3 is 0 Å². The fraction of sp³-hybridized carbons (Fsp3) is 0.625. The van der Waals surface area contributed by atoms with Crippen LogP contribution < -0.4 is 5.32 Å². The third kappa shape index (κ3) is 4.09. The predicted octanol–water partition coefficient (Wildman–Crippen LogP) is 4.61. The lowest BCUT2D eigenvalue weighted by Gasteiger charge is -2.25. The van der Waals surface area contributed by atoms with Gasteiger partial charge in [0.25, 0.3) is 0 Å². The first-order chi connectivity index (χ1) is 8.60. The van der Waals surface area contributed by atoms with Gasteiger partial charge in [0.05, 0.1) is 0 Å². The summed E-state index contributed by atoms with van der Waals surface area (Å²) in [6.07, 6.45) is 3.63. The lowest BCUT2D eigenvalue weighted by atomic mass is 9.90. The molecule has 2 unspecified atom stereocenters. The van der Waals surface area contributed by atoms with Crippen LogP contribution in [0.1, 0.15) is 57.2 Å². The summed E-state index contributed by atoms with van der Waals surface area (Å²) in [5.74, 6) is 0.435. The number of rotatable bonds is 7. The zero-order valence-corrected chi connectivity index (χ0v) is 12.1. The normalized spacial score (nSPS) is 14.5. The first kappa shape index (κ1) is 15.2. The van der Waals surface area contributed by atoms with E-state index in [1.807, 2.05) is 19.1 Å². The number of unbranched alkanes of at least 4 members (excludes halogenated alkanes) is 1. The molecule has 0 radical (unpaired) electrons. The molecule has 0 aliphatic rings. The fourth-order valence-corrected chi connectivity index (χ4v) is 2.36. The zero-order chi connectivity index (χ0) is 13.5. The van der Waals surface area contributed by atoms with E-state index in [2.05, 4.69) is 26.1 Å². The first-order valence-corrected chi connectivity index (χ1v) is 7.09. The van der Waals surface area contributed by atoms with Gasteiger partial charge in [-0.2, -0.15) is 0 Å². The molecule has 1 rings (SSSR count). The SMILES string of the molecule is CCCCC(C)C(NCC)c1ccc(C)c(F)c1. The quantitative estimate of drug-likeness (QED) is 0.746. The minimum absolute atomic E-state index is 0.0990. The van der Waals surface area contributed by atoms with Crippen molar-refractivity contribution < 1.29 is 4.39 Å². The van der Waals surface area contributed by atoms with Gasteiger partial charge < -0.3 is 5.32 Å². The van der Waals surface area contributed by atoms with Crippen LogP contribution in [-0.4, -0.2) is 6.54 Å². The molecule has 1 nitrogen and oxygen atoms in total. The number of aryl methyl sites for hydroxylation is 1. The molecule has 0 spiro atoms. The Morgan fingerprint density at radius 1 is 1.28 bits per heavy atom. The fourth-order valence-electron chi connectivity index (χ4n) is 2.36. The maximum Gasteiger partial charge on any atom is 0.126 e. The van der Waals surface area contributed by atoms with E-state index in [0.29, 0.717) is 5.92 Å². The van der Waals surface area contributed by atoms with Crippen LogP contribution in [0.5, 0.6) is 0 Å². The highest BCUT2D eigenvalue weighted by Gasteiger charge is 2.18. The zero-order valence-electron chi connectivity index (χ0n) is 12.1. The second-order valence-corrected chi connectivity index (χ2v) is 5.16. The van der Waals surface area contributed by atoms with Gasteiger partial charge in [-0.05, 0) is 43.0 Å². The van der Waals surface area contributed by atoms with Gasteiger partial charge in [0.15, 0.2) is 0 Å². The number of hydrogen-bond donors (Lipinski definition) is 1. The second kappa shape index (κ2) is 7.52. The molecule has 0 amide bonds. The van der Waals surface area contributed by atoms with Gasteiger partial charge in [0.2, 0.25) is 0 Å². The minimum atomic E-state index is -0.0990. The van der Waals surface area contributed by atoms with Gasteiger partial charge in [0.1, 0.15) is 5.82 Å². The lowest BCUT2D eigenvalue weighted by Crippen LogP contribution is -2.27. The smallest absolute Gasteiger partial charge is 0.126 e. The van der Waals surface area contributed by atoms with E-state index in [4.69, 9.17) is 0 Å². The number of nitrogens with one attached hydrogen (secondary N) is 1.